The molecule has 0 unspecified atom stereocenters. The van der Waals surface area contributed by atoms with Crippen molar-refractivity contribution in [2.75, 3.05) is 7.11 Å². The van der Waals surface area contributed by atoms with E-state index in [0.717, 1.165) is 11.3 Å². The quantitative estimate of drug-likeness (QED) is 0.898. The normalized spacial score (nSPS) is 10.8. The van der Waals surface area contributed by atoms with Crippen LogP contribution in [0, 0.1) is 0 Å². The monoisotopic (exact) mass is 255 g/mol. The average molecular weight is 255 g/mol. The predicted octanol–water partition coefficient (Wildman–Crippen LogP) is 3.94. The summed E-state index contributed by atoms with van der Waals surface area (Å²) in [5.41, 5.74) is 10.5. The number of hydrogen-bond donors (Lipinski definition) is 1. The van der Waals surface area contributed by atoms with Gasteiger partial charge >= 0.3 is 0 Å². The Morgan fingerprint density at radius 3 is 2.47 bits per heavy atom. The fourth-order valence-corrected chi connectivity index (χ4v) is 2.34. The van der Waals surface area contributed by atoms with Crippen molar-refractivity contribution in [3.8, 4) is 16.9 Å². The molecule has 0 radical (unpaired) electrons. The van der Waals surface area contributed by atoms with E-state index in [9.17, 15) is 0 Å². The molecule has 0 aromatic heterocycles. The van der Waals surface area contributed by atoms with E-state index in [1.54, 1.807) is 7.11 Å². The highest BCUT2D eigenvalue weighted by atomic mass is 16.5. The van der Waals surface area contributed by atoms with Crippen molar-refractivity contribution in [3.05, 3.63) is 53.6 Å². The van der Waals surface area contributed by atoms with Crippen LogP contribution in [0.1, 0.15) is 30.9 Å². The summed E-state index contributed by atoms with van der Waals surface area (Å²) in [5.74, 6) is 1.36. The SMILES string of the molecule is COc1cc(-c2ccccc2C(C)C)ccc1CN. The highest BCUT2D eigenvalue weighted by Gasteiger charge is 2.10. The Bertz CT molecular complexity index is 561. The van der Waals surface area contributed by atoms with Crippen LogP contribution in [0.4, 0.5) is 0 Å². The van der Waals surface area contributed by atoms with Crippen molar-refractivity contribution in [2.45, 2.75) is 26.3 Å². The van der Waals surface area contributed by atoms with Gasteiger partial charge in [0.15, 0.2) is 0 Å². The first-order valence-electron chi connectivity index (χ1n) is 6.63. The second kappa shape index (κ2) is 5.89. The summed E-state index contributed by atoms with van der Waals surface area (Å²) >= 11 is 0. The number of ether oxygens (including phenoxy) is 1. The molecular formula is C17H21NO. The standard InChI is InChI=1S/C17H21NO/c1-12(2)15-6-4-5-7-16(15)13-8-9-14(11-18)17(10-13)19-3/h4-10,12H,11,18H2,1-3H3. The summed E-state index contributed by atoms with van der Waals surface area (Å²) in [7, 11) is 1.69. The van der Waals surface area contributed by atoms with Gasteiger partial charge in [-0.15, -0.1) is 0 Å². The van der Waals surface area contributed by atoms with Gasteiger partial charge < -0.3 is 10.5 Å². The number of nitrogens with two attached hydrogens (primary N) is 1. The maximum atomic E-state index is 5.71. The topological polar surface area (TPSA) is 35.2 Å². The molecule has 0 saturated carbocycles. The van der Waals surface area contributed by atoms with Crippen LogP contribution in [0.5, 0.6) is 5.75 Å². The van der Waals surface area contributed by atoms with E-state index in [-0.39, 0.29) is 0 Å². The molecular weight excluding hydrogens is 234 g/mol. The number of methoxy groups -OCH3 is 1. The molecule has 2 aromatic carbocycles. The van der Waals surface area contributed by atoms with Gasteiger partial charge in [-0.1, -0.05) is 50.2 Å². The highest BCUT2D eigenvalue weighted by molar-refractivity contribution is 5.70. The van der Waals surface area contributed by atoms with Gasteiger partial charge in [-0.25, -0.2) is 0 Å². The third-order valence-corrected chi connectivity index (χ3v) is 3.40. The lowest BCUT2D eigenvalue weighted by Gasteiger charge is -2.15. The van der Waals surface area contributed by atoms with Gasteiger partial charge in [-0.3, -0.25) is 0 Å². The molecule has 0 atom stereocenters. The minimum Gasteiger partial charge on any atom is -0.496 e. The molecule has 2 nitrogen and oxygen atoms in total. The average Bonchev–Trinajstić information content (AvgIpc) is 2.46. The smallest absolute Gasteiger partial charge is 0.123 e. The molecule has 19 heavy (non-hydrogen) atoms. The third-order valence-electron chi connectivity index (χ3n) is 3.40. The van der Waals surface area contributed by atoms with Crippen LogP contribution in [0.15, 0.2) is 42.5 Å². The van der Waals surface area contributed by atoms with Crippen molar-refractivity contribution in [2.24, 2.45) is 5.73 Å². The Morgan fingerprint density at radius 2 is 1.84 bits per heavy atom. The molecule has 0 aliphatic heterocycles. The van der Waals surface area contributed by atoms with E-state index in [2.05, 4.69) is 50.2 Å². The Morgan fingerprint density at radius 1 is 1.11 bits per heavy atom. The molecule has 0 spiro atoms. The summed E-state index contributed by atoms with van der Waals surface area (Å²) in [4.78, 5) is 0. The van der Waals surface area contributed by atoms with Crippen LogP contribution in [0.2, 0.25) is 0 Å². The van der Waals surface area contributed by atoms with E-state index in [0.29, 0.717) is 12.5 Å². The number of benzene rings is 2. The molecule has 100 valence electrons. The first-order chi connectivity index (χ1) is 9.17. The lowest BCUT2D eigenvalue weighted by Crippen LogP contribution is -2.00. The molecule has 2 aromatic rings. The van der Waals surface area contributed by atoms with Crippen LogP contribution < -0.4 is 10.5 Å². The summed E-state index contributed by atoms with van der Waals surface area (Å²) in [6.07, 6.45) is 0. The highest BCUT2D eigenvalue weighted by Crippen LogP contribution is 2.32. The van der Waals surface area contributed by atoms with Gasteiger partial charge in [-0.2, -0.15) is 0 Å². The van der Waals surface area contributed by atoms with Crippen molar-refractivity contribution in [3.63, 3.8) is 0 Å². The molecule has 0 fully saturated rings. The van der Waals surface area contributed by atoms with Crippen LogP contribution in [-0.4, -0.2) is 7.11 Å². The molecule has 2 N–H and O–H groups in total. The van der Waals surface area contributed by atoms with E-state index < -0.39 is 0 Å². The maximum Gasteiger partial charge on any atom is 0.123 e. The van der Waals surface area contributed by atoms with Gasteiger partial charge in [0, 0.05) is 12.1 Å². The lowest BCUT2D eigenvalue weighted by molar-refractivity contribution is 0.410. The summed E-state index contributed by atoms with van der Waals surface area (Å²) in [5, 5.41) is 0. The molecule has 0 aliphatic carbocycles. The molecule has 0 amide bonds. The molecule has 2 heteroatoms. The van der Waals surface area contributed by atoms with E-state index >= 15 is 0 Å². The van der Waals surface area contributed by atoms with Gasteiger partial charge in [0.05, 0.1) is 7.11 Å². The fraction of sp³-hybridized carbons (Fsp3) is 0.294. The van der Waals surface area contributed by atoms with E-state index in [1.165, 1.54) is 16.7 Å². The van der Waals surface area contributed by atoms with E-state index in [1.807, 2.05) is 6.07 Å². The zero-order valence-electron chi connectivity index (χ0n) is 11.8. The first-order valence-corrected chi connectivity index (χ1v) is 6.63. The Labute approximate surface area is 115 Å². The van der Waals surface area contributed by atoms with Gasteiger partial charge in [0.2, 0.25) is 0 Å². The molecule has 0 bridgehead atoms. The first kappa shape index (κ1) is 13.6. The number of rotatable bonds is 4. The van der Waals surface area contributed by atoms with Crippen molar-refractivity contribution >= 4 is 0 Å². The second-order valence-corrected chi connectivity index (χ2v) is 4.97. The van der Waals surface area contributed by atoms with Crippen LogP contribution >= 0.6 is 0 Å². The zero-order valence-corrected chi connectivity index (χ0v) is 11.8. The second-order valence-electron chi connectivity index (χ2n) is 4.97. The fourth-order valence-electron chi connectivity index (χ4n) is 2.34. The van der Waals surface area contributed by atoms with Gasteiger partial charge in [0.1, 0.15) is 5.75 Å². The van der Waals surface area contributed by atoms with Crippen LogP contribution in [0.25, 0.3) is 11.1 Å². The maximum absolute atomic E-state index is 5.71. The summed E-state index contributed by atoms with van der Waals surface area (Å²) in [6.45, 7) is 4.92. The Hall–Kier alpha value is -1.80. The van der Waals surface area contributed by atoms with Gasteiger partial charge in [-0.05, 0) is 28.7 Å². The van der Waals surface area contributed by atoms with Crippen LogP contribution in [0.3, 0.4) is 0 Å². The minimum absolute atomic E-state index is 0.495. The van der Waals surface area contributed by atoms with Crippen molar-refractivity contribution in [1.82, 2.24) is 0 Å². The summed E-state index contributed by atoms with van der Waals surface area (Å²) in [6, 6.07) is 14.7. The van der Waals surface area contributed by atoms with Crippen molar-refractivity contribution in [1.29, 1.82) is 0 Å². The molecule has 0 aliphatic rings. The predicted molar refractivity (Wildman–Crippen MR) is 80.4 cm³/mol. The number of hydrogen-bond acceptors (Lipinski definition) is 2. The summed E-state index contributed by atoms with van der Waals surface area (Å²) < 4.78 is 5.42. The molecule has 0 saturated heterocycles. The molecule has 2 rings (SSSR count). The largest absolute Gasteiger partial charge is 0.496 e. The lowest BCUT2D eigenvalue weighted by atomic mass is 9.92. The van der Waals surface area contributed by atoms with E-state index in [4.69, 9.17) is 10.5 Å². The Balaban J connectivity index is 2.53. The minimum atomic E-state index is 0.495. The van der Waals surface area contributed by atoms with Crippen molar-refractivity contribution < 1.29 is 4.74 Å². The van der Waals surface area contributed by atoms with Gasteiger partial charge in [0.25, 0.3) is 0 Å². The van der Waals surface area contributed by atoms with Crippen LogP contribution in [-0.2, 0) is 6.54 Å². The molecule has 0 heterocycles. The zero-order chi connectivity index (χ0) is 13.8. The third kappa shape index (κ3) is 2.79. The Kier molecular flexibility index (Phi) is 4.23.